The first-order chi connectivity index (χ1) is 9.40. The Morgan fingerprint density at radius 3 is 2.40 bits per heavy atom. The van der Waals surface area contributed by atoms with E-state index in [2.05, 4.69) is 31.9 Å². The van der Waals surface area contributed by atoms with Crippen LogP contribution >= 0.6 is 31.9 Å². The molecule has 0 atom stereocenters. The highest BCUT2D eigenvalue weighted by molar-refractivity contribution is 9.10. The van der Waals surface area contributed by atoms with E-state index in [0.29, 0.717) is 15.8 Å². The van der Waals surface area contributed by atoms with E-state index in [9.17, 15) is 9.18 Å². The molecule has 20 heavy (non-hydrogen) atoms. The Morgan fingerprint density at radius 1 is 1.15 bits per heavy atom. The van der Waals surface area contributed by atoms with Gasteiger partial charge in [-0.05, 0) is 36.4 Å². The Morgan fingerprint density at radius 2 is 1.75 bits per heavy atom. The number of anilines is 2. The monoisotopic (exact) mass is 400 g/mol. The molecule has 0 spiro atoms. The van der Waals surface area contributed by atoms with Gasteiger partial charge in [-0.2, -0.15) is 0 Å². The van der Waals surface area contributed by atoms with Crippen LogP contribution in [0, 0.1) is 5.82 Å². The molecule has 0 fully saturated rings. The van der Waals surface area contributed by atoms with Gasteiger partial charge in [0.25, 0.3) is 5.91 Å². The number of nitrogen functional groups attached to an aromatic ring is 1. The van der Waals surface area contributed by atoms with Crippen molar-refractivity contribution in [3.8, 4) is 0 Å². The van der Waals surface area contributed by atoms with Crippen LogP contribution in [-0.2, 0) is 0 Å². The number of hydrogen-bond acceptors (Lipinski definition) is 2. The van der Waals surface area contributed by atoms with Crippen LogP contribution < -0.4 is 10.6 Å². The minimum atomic E-state index is -0.569. The summed E-state index contributed by atoms with van der Waals surface area (Å²) in [6.45, 7) is 0. The summed E-state index contributed by atoms with van der Waals surface area (Å²) in [4.78, 5) is 13.7. The lowest BCUT2D eigenvalue weighted by atomic mass is 10.1. The molecule has 0 aromatic heterocycles. The molecule has 0 bridgehead atoms. The molecule has 0 unspecified atom stereocenters. The lowest BCUT2D eigenvalue weighted by Crippen LogP contribution is -2.27. The predicted molar refractivity (Wildman–Crippen MR) is 85.4 cm³/mol. The Hall–Kier alpha value is -1.40. The number of carbonyl (C=O) groups excluding carboxylic acids is 1. The quantitative estimate of drug-likeness (QED) is 0.766. The van der Waals surface area contributed by atoms with Gasteiger partial charge < -0.3 is 10.6 Å². The zero-order chi connectivity index (χ0) is 14.9. The van der Waals surface area contributed by atoms with Gasteiger partial charge in [0.15, 0.2) is 0 Å². The number of halogens is 3. The van der Waals surface area contributed by atoms with E-state index in [1.54, 1.807) is 31.3 Å². The second-order valence-corrected chi connectivity index (χ2v) is 6.02. The highest BCUT2D eigenvalue weighted by atomic mass is 79.9. The second-order valence-electron chi connectivity index (χ2n) is 4.19. The van der Waals surface area contributed by atoms with Gasteiger partial charge in [0, 0.05) is 16.0 Å². The van der Waals surface area contributed by atoms with Crippen LogP contribution in [0.1, 0.15) is 10.4 Å². The first-order valence-corrected chi connectivity index (χ1v) is 7.27. The Balaban J connectivity index is 2.40. The van der Waals surface area contributed by atoms with Crippen LogP contribution in [0.15, 0.2) is 45.3 Å². The average molecular weight is 402 g/mol. The van der Waals surface area contributed by atoms with E-state index in [-0.39, 0.29) is 5.56 Å². The SMILES string of the molecule is CN(C(=O)c1cc(Br)ccc1F)c1ccc(Br)cc1N. The van der Waals surface area contributed by atoms with Gasteiger partial charge >= 0.3 is 0 Å². The number of nitrogens with two attached hydrogens (primary N) is 1. The molecule has 2 aromatic rings. The number of amides is 1. The van der Waals surface area contributed by atoms with Gasteiger partial charge in [-0.15, -0.1) is 0 Å². The summed E-state index contributed by atoms with van der Waals surface area (Å²) in [6, 6.07) is 9.40. The fraction of sp³-hybridized carbons (Fsp3) is 0.0714. The smallest absolute Gasteiger partial charge is 0.261 e. The molecule has 104 valence electrons. The van der Waals surface area contributed by atoms with Crippen molar-refractivity contribution in [1.29, 1.82) is 0 Å². The zero-order valence-electron chi connectivity index (χ0n) is 10.5. The van der Waals surface area contributed by atoms with Crippen LogP contribution in [0.3, 0.4) is 0 Å². The summed E-state index contributed by atoms with van der Waals surface area (Å²) in [5, 5.41) is 0. The van der Waals surface area contributed by atoms with Crippen molar-refractivity contribution in [3.63, 3.8) is 0 Å². The summed E-state index contributed by atoms with van der Waals surface area (Å²) in [7, 11) is 1.56. The second kappa shape index (κ2) is 5.93. The fourth-order valence-corrected chi connectivity index (χ4v) is 2.52. The average Bonchev–Trinajstić information content (AvgIpc) is 2.40. The van der Waals surface area contributed by atoms with E-state index in [1.807, 2.05) is 0 Å². The maximum absolute atomic E-state index is 13.8. The van der Waals surface area contributed by atoms with Crippen LogP contribution in [0.4, 0.5) is 15.8 Å². The highest BCUT2D eigenvalue weighted by Gasteiger charge is 2.19. The van der Waals surface area contributed by atoms with Crippen molar-refractivity contribution in [2.24, 2.45) is 0 Å². The van der Waals surface area contributed by atoms with Crippen molar-refractivity contribution in [3.05, 3.63) is 56.7 Å². The molecule has 0 aliphatic carbocycles. The minimum Gasteiger partial charge on any atom is -0.397 e. The van der Waals surface area contributed by atoms with Crippen molar-refractivity contribution in [1.82, 2.24) is 0 Å². The number of carbonyl (C=O) groups is 1. The molecular formula is C14H11Br2FN2O. The first kappa shape index (κ1) is 15.0. The third-order valence-corrected chi connectivity index (χ3v) is 3.80. The van der Waals surface area contributed by atoms with Crippen molar-refractivity contribution < 1.29 is 9.18 Å². The molecule has 2 rings (SSSR count). The summed E-state index contributed by atoms with van der Waals surface area (Å²) in [5.74, 6) is -1.03. The van der Waals surface area contributed by atoms with Crippen LogP contribution in [0.5, 0.6) is 0 Å². The summed E-state index contributed by atoms with van der Waals surface area (Å²) in [5.41, 5.74) is 6.83. The molecule has 0 aliphatic rings. The minimum absolute atomic E-state index is 0.0100. The van der Waals surface area contributed by atoms with Gasteiger partial charge in [-0.3, -0.25) is 4.79 Å². The predicted octanol–water partition coefficient (Wildman–Crippen LogP) is 4.21. The molecular weight excluding hydrogens is 391 g/mol. The van der Waals surface area contributed by atoms with Gasteiger partial charge in [0.05, 0.1) is 16.9 Å². The fourth-order valence-electron chi connectivity index (χ4n) is 1.78. The molecule has 1 amide bonds. The molecule has 2 aromatic carbocycles. The normalized spacial score (nSPS) is 10.4. The van der Waals surface area contributed by atoms with E-state index in [0.717, 1.165) is 4.47 Å². The summed E-state index contributed by atoms with van der Waals surface area (Å²) < 4.78 is 15.2. The third kappa shape index (κ3) is 3.02. The molecule has 0 radical (unpaired) electrons. The Bertz CT molecular complexity index is 676. The van der Waals surface area contributed by atoms with Crippen molar-refractivity contribution >= 4 is 49.1 Å². The summed E-state index contributed by atoms with van der Waals surface area (Å²) >= 11 is 6.52. The maximum atomic E-state index is 13.8. The molecule has 6 heteroatoms. The number of hydrogen-bond donors (Lipinski definition) is 1. The van der Waals surface area contributed by atoms with Crippen LogP contribution in [-0.4, -0.2) is 13.0 Å². The maximum Gasteiger partial charge on any atom is 0.261 e. The molecule has 0 heterocycles. The van der Waals surface area contributed by atoms with E-state index < -0.39 is 11.7 Å². The standard InChI is InChI=1S/C14H11Br2FN2O/c1-19(13-5-3-9(16)7-12(13)18)14(20)10-6-8(15)2-4-11(10)17/h2-7H,18H2,1H3. The molecule has 0 saturated heterocycles. The largest absolute Gasteiger partial charge is 0.397 e. The van der Waals surface area contributed by atoms with Gasteiger partial charge in [0.1, 0.15) is 5.82 Å². The van der Waals surface area contributed by atoms with E-state index >= 15 is 0 Å². The number of rotatable bonds is 2. The lowest BCUT2D eigenvalue weighted by molar-refractivity contribution is 0.0989. The van der Waals surface area contributed by atoms with Gasteiger partial charge in [-0.1, -0.05) is 31.9 Å². The molecule has 2 N–H and O–H groups in total. The molecule has 3 nitrogen and oxygen atoms in total. The highest BCUT2D eigenvalue weighted by Crippen LogP contribution is 2.27. The Kier molecular flexibility index (Phi) is 4.45. The molecule has 0 aliphatic heterocycles. The van der Waals surface area contributed by atoms with Crippen LogP contribution in [0.2, 0.25) is 0 Å². The molecule has 0 saturated carbocycles. The number of nitrogens with zero attached hydrogens (tertiary/aromatic N) is 1. The third-order valence-electron chi connectivity index (χ3n) is 2.81. The number of benzene rings is 2. The van der Waals surface area contributed by atoms with Crippen LogP contribution in [0.25, 0.3) is 0 Å². The lowest BCUT2D eigenvalue weighted by Gasteiger charge is -2.20. The zero-order valence-corrected chi connectivity index (χ0v) is 13.7. The summed E-state index contributed by atoms with van der Waals surface area (Å²) in [6.07, 6.45) is 0. The van der Waals surface area contributed by atoms with Crippen molar-refractivity contribution in [2.45, 2.75) is 0 Å². The van der Waals surface area contributed by atoms with Gasteiger partial charge in [-0.25, -0.2) is 4.39 Å². The Labute approximate surface area is 132 Å². The van der Waals surface area contributed by atoms with Gasteiger partial charge in [0.2, 0.25) is 0 Å². The van der Waals surface area contributed by atoms with E-state index in [4.69, 9.17) is 5.73 Å². The van der Waals surface area contributed by atoms with E-state index in [1.165, 1.54) is 17.0 Å². The van der Waals surface area contributed by atoms with Crippen molar-refractivity contribution in [2.75, 3.05) is 17.7 Å². The topological polar surface area (TPSA) is 46.3 Å². The first-order valence-electron chi connectivity index (χ1n) is 5.68.